The van der Waals surface area contributed by atoms with Gasteiger partial charge in [-0.1, -0.05) is 188 Å². The minimum atomic E-state index is 0.171. The van der Waals surface area contributed by atoms with Crippen molar-refractivity contribution < 1.29 is 4.74 Å². The first-order valence-corrected chi connectivity index (χ1v) is 21.5. The van der Waals surface area contributed by atoms with Crippen LogP contribution in [0.5, 0.6) is 0 Å². The van der Waals surface area contributed by atoms with Crippen molar-refractivity contribution in [2.45, 2.75) is 185 Å². The Morgan fingerprint density at radius 1 is 0.769 bits per heavy atom. The van der Waals surface area contributed by atoms with Crippen LogP contribution < -0.4 is 0 Å². The lowest BCUT2D eigenvalue weighted by atomic mass is 9.63. The molecule has 1 unspecified atom stereocenters. The predicted octanol–water partition coefficient (Wildman–Crippen LogP) is 16.8. The maximum Gasteiger partial charge on any atom is 0.0999 e. The van der Waals surface area contributed by atoms with Gasteiger partial charge in [0.25, 0.3) is 0 Å². The summed E-state index contributed by atoms with van der Waals surface area (Å²) in [6, 6.07) is 0. The fourth-order valence-corrected chi connectivity index (χ4v) is 8.25. The van der Waals surface area contributed by atoms with Crippen LogP contribution in [0.4, 0.5) is 0 Å². The van der Waals surface area contributed by atoms with Crippen LogP contribution in [0, 0.1) is 33.0 Å². The lowest BCUT2D eigenvalue weighted by Gasteiger charge is -2.42. The summed E-state index contributed by atoms with van der Waals surface area (Å²) >= 11 is 0. The second kappa shape index (κ2) is 22.8. The average molecular weight is 715 g/mol. The van der Waals surface area contributed by atoms with Crippen molar-refractivity contribution in [2.24, 2.45) is 33.0 Å². The first kappa shape index (κ1) is 47.7. The SMILES string of the molecule is C=C/C=C(\C(=C)CCC1(CC)CCC1)C(C)(C)C.C=C/C=C\C(=C)CCC1(CC)CCC1.CC.CCC1(COC2=CC=CCC2C(C)(C)C)CCC1. The monoisotopic (exact) mass is 715 g/mol. The van der Waals surface area contributed by atoms with E-state index in [1.165, 1.54) is 112 Å². The summed E-state index contributed by atoms with van der Waals surface area (Å²) in [5.74, 6) is 1.75. The van der Waals surface area contributed by atoms with Crippen molar-refractivity contribution in [3.05, 3.63) is 97.4 Å². The van der Waals surface area contributed by atoms with E-state index in [4.69, 9.17) is 4.74 Å². The normalized spacial score (nSPS) is 21.1. The smallest absolute Gasteiger partial charge is 0.0999 e. The largest absolute Gasteiger partial charge is 0.497 e. The van der Waals surface area contributed by atoms with Gasteiger partial charge in [0.1, 0.15) is 0 Å². The van der Waals surface area contributed by atoms with E-state index in [-0.39, 0.29) is 10.8 Å². The van der Waals surface area contributed by atoms with Crippen molar-refractivity contribution in [1.29, 1.82) is 0 Å². The van der Waals surface area contributed by atoms with Gasteiger partial charge in [0, 0.05) is 11.3 Å². The summed E-state index contributed by atoms with van der Waals surface area (Å²) in [6.07, 6.45) is 39.1. The van der Waals surface area contributed by atoms with Gasteiger partial charge in [0.15, 0.2) is 0 Å². The molecule has 0 saturated heterocycles. The van der Waals surface area contributed by atoms with Crippen molar-refractivity contribution in [2.75, 3.05) is 6.61 Å². The summed E-state index contributed by atoms with van der Waals surface area (Å²) in [4.78, 5) is 0. The highest BCUT2D eigenvalue weighted by Crippen LogP contribution is 2.50. The Morgan fingerprint density at radius 3 is 1.65 bits per heavy atom. The standard InChI is InChI=1S/C18H30.C17H28O.C14H22.C2H6/c1-7-10-16(17(4,5)6)15(3)11-14-18(8-2)12-9-13-18;1-5-17(11-8-12-17)13-18-15-10-7-6-9-14(15)16(2,3)4;1-4-6-8-13(3)9-12-14(5-2)10-7-11-14;1-2/h7,10H,1,3,8-9,11-14H2,2,4-6H3;6-7,10,14H,5,8-9,11-13H2,1-4H3;4,6,8H,1,3,5,7,9-12H2,2H3;1-2H3/b16-10+;;8-6-;. The summed E-state index contributed by atoms with van der Waals surface area (Å²) in [7, 11) is 0. The molecule has 1 heteroatoms. The molecule has 4 aliphatic carbocycles. The van der Waals surface area contributed by atoms with Crippen LogP contribution in [0.2, 0.25) is 0 Å². The summed E-state index contributed by atoms with van der Waals surface area (Å²) in [5, 5.41) is 0. The highest BCUT2D eigenvalue weighted by Gasteiger charge is 2.38. The molecule has 0 aromatic rings. The van der Waals surface area contributed by atoms with Crippen molar-refractivity contribution in [3.63, 3.8) is 0 Å². The van der Waals surface area contributed by atoms with Crippen LogP contribution in [-0.4, -0.2) is 6.61 Å². The van der Waals surface area contributed by atoms with E-state index in [1.807, 2.05) is 32.1 Å². The van der Waals surface area contributed by atoms with Gasteiger partial charge in [-0.3, -0.25) is 0 Å². The van der Waals surface area contributed by atoms with E-state index in [0.717, 1.165) is 25.9 Å². The fourth-order valence-electron chi connectivity index (χ4n) is 8.25. The Balaban J connectivity index is 0.000000384. The zero-order chi connectivity index (χ0) is 39.5. The Bertz CT molecular complexity index is 1190. The Hall–Kier alpha value is -2.28. The Labute approximate surface area is 326 Å². The first-order chi connectivity index (χ1) is 24.5. The number of hydrogen-bond donors (Lipinski definition) is 0. The molecule has 0 heterocycles. The van der Waals surface area contributed by atoms with Gasteiger partial charge < -0.3 is 4.74 Å². The zero-order valence-corrected chi connectivity index (χ0v) is 36.7. The molecule has 296 valence electrons. The molecule has 4 rings (SSSR count). The molecule has 0 aliphatic heterocycles. The van der Waals surface area contributed by atoms with E-state index in [9.17, 15) is 0 Å². The van der Waals surface area contributed by atoms with Crippen molar-refractivity contribution >= 4 is 0 Å². The summed E-state index contributed by atoms with van der Waals surface area (Å²) in [6.45, 7) is 41.5. The molecule has 52 heavy (non-hydrogen) atoms. The second-order valence-electron chi connectivity index (χ2n) is 18.5. The maximum atomic E-state index is 6.23. The second-order valence-corrected chi connectivity index (χ2v) is 18.5. The van der Waals surface area contributed by atoms with Gasteiger partial charge in [0.05, 0.1) is 12.4 Å². The minimum Gasteiger partial charge on any atom is -0.497 e. The molecule has 3 saturated carbocycles. The van der Waals surface area contributed by atoms with Crippen LogP contribution in [0.3, 0.4) is 0 Å². The number of allylic oxidation sites excluding steroid dienone is 12. The van der Waals surface area contributed by atoms with E-state index in [0.29, 0.717) is 22.2 Å². The van der Waals surface area contributed by atoms with Crippen LogP contribution in [-0.2, 0) is 4.74 Å². The van der Waals surface area contributed by atoms with Crippen LogP contribution in [0.15, 0.2) is 97.4 Å². The van der Waals surface area contributed by atoms with E-state index < -0.39 is 0 Å². The highest BCUT2D eigenvalue weighted by molar-refractivity contribution is 5.35. The van der Waals surface area contributed by atoms with Gasteiger partial charge in [-0.2, -0.15) is 0 Å². The lowest BCUT2D eigenvalue weighted by molar-refractivity contribution is 0.00312. The van der Waals surface area contributed by atoms with Gasteiger partial charge in [0.2, 0.25) is 0 Å². The average Bonchev–Trinajstić information content (AvgIpc) is 3.06. The van der Waals surface area contributed by atoms with Gasteiger partial charge in [-0.05, 0) is 110 Å². The van der Waals surface area contributed by atoms with Gasteiger partial charge >= 0.3 is 0 Å². The summed E-state index contributed by atoms with van der Waals surface area (Å²) in [5.41, 5.74) is 6.17. The third kappa shape index (κ3) is 15.2. The molecule has 3 fully saturated rings. The topological polar surface area (TPSA) is 9.23 Å². The molecule has 0 bridgehead atoms. The van der Waals surface area contributed by atoms with Crippen LogP contribution >= 0.6 is 0 Å². The van der Waals surface area contributed by atoms with E-state index in [2.05, 4.69) is 119 Å². The molecule has 0 N–H and O–H groups in total. The minimum absolute atomic E-state index is 0.171. The van der Waals surface area contributed by atoms with Gasteiger partial charge in [-0.15, -0.1) is 0 Å². The van der Waals surface area contributed by atoms with E-state index >= 15 is 0 Å². The highest BCUT2D eigenvalue weighted by atomic mass is 16.5. The summed E-state index contributed by atoms with van der Waals surface area (Å²) < 4.78 is 6.23. The molecular weight excluding hydrogens is 629 g/mol. The molecule has 0 radical (unpaired) electrons. The molecule has 0 aromatic carbocycles. The number of rotatable bonds is 16. The quantitative estimate of drug-likeness (QED) is 0.145. The molecule has 0 spiro atoms. The zero-order valence-electron chi connectivity index (χ0n) is 36.7. The number of ether oxygens (including phenoxy) is 1. The third-order valence-electron chi connectivity index (χ3n) is 13.1. The molecule has 0 amide bonds. The first-order valence-electron chi connectivity index (χ1n) is 21.5. The molecule has 1 atom stereocenters. The molecule has 0 aromatic heterocycles. The molecule has 4 aliphatic rings. The third-order valence-corrected chi connectivity index (χ3v) is 13.1. The maximum absolute atomic E-state index is 6.23. The predicted molar refractivity (Wildman–Crippen MR) is 236 cm³/mol. The van der Waals surface area contributed by atoms with Crippen molar-refractivity contribution in [1.82, 2.24) is 0 Å². The Morgan fingerprint density at radius 2 is 1.27 bits per heavy atom. The Kier molecular flexibility index (Phi) is 21.0. The van der Waals surface area contributed by atoms with Crippen molar-refractivity contribution in [3.8, 4) is 0 Å². The number of hydrogen-bond acceptors (Lipinski definition) is 1. The molecular formula is C51H86O. The lowest BCUT2D eigenvalue weighted by Crippen LogP contribution is -2.35. The van der Waals surface area contributed by atoms with Gasteiger partial charge in [-0.25, -0.2) is 0 Å². The van der Waals surface area contributed by atoms with Crippen LogP contribution in [0.1, 0.15) is 185 Å². The fraction of sp³-hybridized carbons (Fsp3) is 0.686. The molecule has 1 nitrogen and oxygen atoms in total. The van der Waals surface area contributed by atoms with Crippen LogP contribution in [0.25, 0.3) is 0 Å². The van der Waals surface area contributed by atoms with E-state index in [1.54, 1.807) is 0 Å².